The molecule has 0 radical (unpaired) electrons. The van der Waals surface area contributed by atoms with Gasteiger partial charge >= 0.3 is 0 Å². The van der Waals surface area contributed by atoms with Crippen molar-refractivity contribution >= 4 is 0 Å². The van der Waals surface area contributed by atoms with Crippen molar-refractivity contribution in [2.45, 2.75) is 59.4 Å². The summed E-state index contributed by atoms with van der Waals surface area (Å²) in [6.07, 6.45) is 2.30. The van der Waals surface area contributed by atoms with Crippen LogP contribution in [-0.2, 0) is 0 Å². The zero-order valence-corrected chi connectivity index (χ0v) is 13.8. The fraction of sp³-hybridized carbons (Fsp3) is 0.667. The highest BCUT2D eigenvalue weighted by Gasteiger charge is 2.15. The predicted octanol–water partition coefficient (Wildman–Crippen LogP) is 4.60. The van der Waals surface area contributed by atoms with Crippen LogP contribution in [0, 0.1) is 5.92 Å². The van der Waals surface area contributed by atoms with Crippen molar-refractivity contribution in [2.24, 2.45) is 5.92 Å². The Morgan fingerprint density at radius 2 is 1.80 bits per heavy atom. The maximum absolute atomic E-state index is 6.12. The molecule has 0 aliphatic rings. The van der Waals surface area contributed by atoms with Crippen molar-refractivity contribution in [2.75, 3.05) is 13.2 Å². The first-order valence-electron chi connectivity index (χ1n) is 8.05. The lowest BCUT2D eigenvalue weighted by Crippen LogP contribution is -2.39. The molecule has 0 aliphatic carbocycles. The summed E-state index contributed by atoms with van der Waals surface area (Å²) in [4.78, 5) is 0. The Labute approximate surface area is 124 Å². The van der Waals surface area contributed by atoms with E-state index in [4.69, 9.17) is 4.74 Å². The molecule has 2 nitrogen and oxygen atoms in total. The van der Waals surface area contributed by atoms with Crippen molar-refractivity contribution in [3.63, 3.8) is 0 Å². The molecule has 1 aromatic rings. The molecule has 20 heavy (non-hydrogen) atoms. The molecular formula is C18H31NO. The topological polar surface area (TPSA) is 21.3 Å². The number of hydrogen-bond donors (Lipinski definition) is 1. The summed E-state index contributed by atoms with van der Waals surface area (Å²) in [5.74, 6) is 2.18. The Bertz CT molecular complexity index is 375. The van der Waals surface area contributed by atoms with E-state index in [-0.39, 0.29) is 0 Å². The van der Waals surface area contributed by atoms with E-state index in [1.807, 2.05) is 0 Å². The van der Waals surface area contributed by atoms with E-state index in [1.165, 1.54) is 5.56 Å². The molecular weight excluding hydrogens is 246 g/mol. The Hall–Kier alpha value is -1.02. The molecule has 0 heterocycles. The fourth-order valence-corrected chi connectivity index (χ4v) is 2.24. The normalized spacial score (nSPS) is 14.3. The van der Waals surface area contributed by atoms with Crippen molar-refractivity contribution in [1.29, 1.82) is 0 Å². The van der Waals surface area contributed by atoms with Gasteiger partial charge in [-0.15, -0.1) is 0 Å². The quantitative estimate of drug-likeness (QED) is 0.712. The van der Waals surface area contributed by atoms with Crippen LogP contribution >= 0.6 is 0 Å². The highest BCUT2D eigenvalue weighted by Crippen LogP contribution is 2.28. The van der Waals surface area contributed by atoms with E-state index in [0.29, 0.717) is 17.9 Å². The molecule has 1 aromatic carbocycles. The van der Waals surface area contributed by atoms with Crippen molar-refractivity contribution in [3.05, 3.63) is 29.8 Å². The van der Waals surface area contributed by atoms with Gasteiger partial charge in [0.2, 0.25) is 0 Å². The third-order valence-corrected chi connectivity index (χ3v) is 3.94. The summed E-state index contributed by atoms with van der Waals surface area (Å²) in [5, 5.41) is 3.58. The van der Waals surface area contributed by atoms with Gasteiger partial charge in [0.05, 0.1) is 0 Å². The number of para-hydroxylation sites is 1. The molecule has 0 fully saturated rings. The first-order valence-corrected chi connectivity index (χ1v) is 8.05. The van der Waals surface area contributed by atoms with Gasteiger partial charge in [-0.25, -0.2) is 0 Å². The van der Waals surface area contributed by atoms with Gasteiger partial charge < -0.3 is 10.1 Å². The molecule has 2 unspecified atom stereocenters. The van der Waals surface area contributed by atoms with Crippen LogP contribution in [0.2, 0.25) is 0 Å². The van der Waals surface area contributed by atoms with Gasteiger partial charge in [0.1, 0.15) is 12.4 Å². The van der Waals surface area contributed by atoms with E-state index in [1.54, 1.807) is 0 Å². The molecule has 0 saturated carbocycles. The third kappa shape index (κ3) is 5.16. The van der Waals surface area contributed by atoms with Gasteiger partial charge in [0, 0.05) is 6.04 Å². The number of nitrogens with one attached hydrogen (secondary N) is 1. The average Bonchev–Trinajstić information content (AvgIpc) is 2.46. The summed E-state index contributed by atoms with van der Waals surface area (Å²) >= 11 is 0. The molecule has 114 valence electrons. The Kier molecular flexibility index (Phi) is 7.68. The van der Waals surface area contributed by atoms with E-state index in [0.717, 1.165) is 31.7 Å². The summed E-state index contributed by atoms with van der Waals surface area (Å²) in [5.41, 5.74) is 1.33. The van der Waals surface area contributed by atoms with Gasteiger partial charge in [-0.1, -0.05) is 52.8 Å². The van der Waals surface area contributed by atoms with Crippen LogP contribution in [0.25, 0.3) is 0 Å². The predicted molar refractivity (Wildman–Crippen MR) is 87.6 cm³/mol. The van der Waals surface area contributed by atoms with Crippen molar-refractivity contribution in [3.8, 4) is 5.75 Å². The van der Waals surface area contributed by atoms with E-state index in [2.05, 4.69) is 64.2 Å². The molecule has 0 amide bonds. The van der Waals surface area contributed by atoms with Gasteiger partial charge in [0.25, 0.3) is 0 Å². The van der Waals surface area contributed by atoms with Crippen LogP contribution in [0.15, 0.2) is 24.3 Å². The second-order valence-corrected chi connectivity index (χ2v) is 5.96. The highest BCUT2D eigenvalue weighted by atomic mass is 16.5. The molecule has 0 saturated heterocycles. The van der Waals surface area contributed by atoms with Crippen LogP contribution < -0.4 is 10.1 Å². The summed E-state index contributed by atoms with van der Waals surface area (Å²) < 4.78 is 6.12. The van der Waals surface area contributed by atoms with Gasteiger partial charge in [-0.05, 0) is 42.9 Å². The molecule has 2 atom stereocenters. The maximum Gasteiger partial charge on any atom is 0.122 e. The second kappa shape index (κ2) is 9.02. The lowest BCUT2D eigenvalue weighted by atomic mass is 9.98. The highest BCUT2D eigenvalue weighted by molar-refractivity contribution is 5.35. The maximum atomic E-state index is 6.12. The Morgan fingerprint density at radius 3 is 2.40 bits per heavy atom. The Morgan fingerprint density at radius 1 is 1.10 bits per heavy atom. The van der Waals surface area contributed by atoms with Crippen LogP contribution in [-0.4, -0.2) is 19.2 Å². The Balaban J connectivity index is 2.67. The van der Waals surface area contributed by atoms with Crippen LogP contribution in [0.1, 0.15) is 58.9 Å². The summed E-state index contributed by atoms with van der Waals surface area (Å²) in [6, 6.07) is 8.86. The van der Waals surface area contributed by atoms with Crippen LogP contribution in [0.5, 0.6) is 5.75 Å². The van der Waals surface area contributed by atoms with Gasteiger partial charge in [-0.2, -0.15) is 0 Å². The van der Waals surface area contributed by atoms with E-state index < -0.39 is 0 Å². The zero-order chi connectivity index (χ0) is 15.0. The van der Waals surface area contributed by atoms with E-state index in [9.17, 15) is 0 Å². The minimum atomic E-state index is 0.417. The summed E-state index contributed by atoms with van der Waals surface area (Å²) in [6.45, 7) is 13.0. The van der Waals surface area contributed by atoms with Gasteiger partial charge in [0.15, 0.2) is 0 Å². The number of benzene rings is 1. The fourth-order valence-electron chi connectivity index (χ4n) is 2.24. The molecule has 0 aromatic heterocycles. The molecule has 0 bridgehead atoms. The SMILES string of the molecule is CCCNC(COc1ccccc1C(C)CC)C(C)C. The lowest BCUT2D eigenvalue weighted by Gasteiger charge is -2.24. The first kappa shape index (κ1) is 17.0. The minimum absolute atomic E-state index is 0.417. The molecule has 0 spiro atoms. The van der Waals surface area contributed by atoms with Crippen LogP contribution in [0.3, 0.4) is 0 Å². The molecule has 0 aliphatic heterocycles. The average molecular weight is 277 g/mol. The third-order valence-electron chi connectivity index (χ3n) is 3.94. The van der Waals surface area contributed by atoms with Crippen LogP contribution in [0.4, 0.5) is 0 Å². The molecule has 2 heteroatoms. The lowest BCUT2D eigenvalue weighted by molar-refractivity contribution is 0.228. The second-order valence-electron chi connectivity index (χ2n) is 5.96. The number of ether oxygens (including phenoxy) is 1. The molecule has 1 rings (SSSR count). The van der Waals surface area contributed by atoms with Crippen molar-refractivity contribution in [1.82, 2.24) is 5.32 Å². The largest absolute Gasteiger partial charge is 0.492 e. The van der Waals surface area contributed by atoms with Crippen molar-refractivity contribution < 1.29 is 4.74 Å². The zero-order valence-electron chi connectivity index (χ0n) is 13.8. The number of hydrogen-bond acceptors (Lipinski definition) is 2. The standard InChI is InChI=1S/C18H31NO/c1-6-12-19-17(14(3)4)13-20-18-11-9-8-10-16(18)15(5)7-2/h8-11,14-15,17,19H,6-7,12-13H2,1-5H3. The van der Waals surface area contributed by atoms with Gasteiger partial charge in [-0.3, -0.25) is 0 Å². The minimum Gasteiger partial charge on any atom is -0.492 e. The van der Waals surface area contributed by atoms with E-state index >= 15 is 0 Å². The molecule has 1 N–H and O–H groups in total. The number of rotatable bonds is 9. The smallest absolute Gasteiger partial charge is 0.122 e. The first-order chi connectivity index (χ1) is 9.60. The monoisotopic (exact) mass is 277 g/mol. The summed E-state index contributed by atoms with van der Waals surface area (Å²) in [7, 11) is 0.